The predicted molar refractivity (Wildman–Crippen MR) is 98.7 cm³/mol. The fraction of sp³-hybridized carbons (Fsp3) is 0.316. The summed E-state index contributed by atoms with van der Waals surface area (Å²) in [5.74, 6) is 1.35. The van der Waals surface area contributed by atoms with Crippen LogP contribution in [-0.4, -0.2) is 25.2 Å². The SMILES string of the molecule is Cc1cccc(OCCNC(=O)[C@@H](C)Oc2ccc(Br)cc2)c1C. The van der Waals surface area contributed by atoms with Crippen molar-refractivity contribution in [3.8, 4) is 11.5 Å². The van der Waals surface area contributed by atoms with Gasteiger partial charge in [-0.2, -0.15) is 0 Å². The highest BCUT2D eigenvalue weighted by Crippen LogP contribution is 2.20. The van der Waals surface area contributed by atoms with Crippen LogP contribution in [0.2, 0.25) is 0 Å². The quantitative estimate of drug-likeness (QED) is 0.724. The zero-order valence-electron chi connectivity index (χ0n) is 14.1. The first-order valence-corrected chi connectivity index (χ1v) is 8.65. The highest BCUT2D eigenvalue weighted by Gasteiger charge is 2.14. The van der Waals surface area contributed by atoms with Crippen LogP contribution in [0.5, 0.6) is 11.5 Å². The van der Waals surface area contributed by atoms with Gasteiger partial charge in [-0.05, 0) is 62.2 Å². The molecule has 1 amide bonds. The van der Waals surface area contributed by atoms with Gasteiger partial charge in [-0.25, -0.2) is 0 Å². The topological polar surface area (TPSA) is 47.6 Å². The minimum Gasteiger partial charge on any atom is -0.491 e. The van der Waals surface area contributed by atoms with Crippen LogP contribution in [0.25, 0.3) is 0 Å². The molecule has 24 heavy (non-hydrogen) atoms. The highest BCUT2D eigenvalue weighted by molar-refractivity contribution is 9.10. The molecule has 0 saturated carbocycles. The monoisotopic (exact) mass is 391 g/mol. The molecule has 0 aliphatic heterocycles. The number of hydrogen-bond donors (Lipinski definition) is 1. The Morgan fingerprint density at radius 2 is 1.88 bits per heavy atom. The lowest BCUT2D eigenvalue weighted by atomic mass is 10.1. The van der Waals surface area contributed by atoms with Gasteiger partial charge in [0.1, 0.15) is 18.1 Å². The molecule has 128 valence electrons. The molecule has 0 radical (unpaired) electrons. The summed E-state index contributed by atoms with van der Waals surface area (Å²) < 4.78 is 12.3. The van der Waals surface area contributed by atoms with Gasteiger partial charge in [0.25, 0.3) is 5.91 Å². The molecular formula is C19H22BrNO3. The molecule has 2 aromatic carbocycles. The second-order valence-corrected chi connectivity index (χ2v) is 6.47. The number of benzene rings is 2. The van der Waals surface area contributed by atoms with Gasteiger partial charge in [-0.3, -0.25) is 4.79 Å². The summed E-state index contributed by atoms with van der Waals surface area (Å²) in [5, 5.41) is 2.82. The van der Waals surface area contributed by atoms with Crippen molar-refractivity contribution >= 4 is 21.8 Å². The zero-order chi connectivity index (χ0) is 17.5. The molecule has 2 rings (SSSR count). The molecule has 1 atom stereocenters. The maximum absolute atomic E-state index is 12.0. The average molecular weight is 392 g/mol. The Kier molecular flexibility index (Phi) is 6.67. The number of amides is 1. The Morgan fingerprint density at radius 1 is 1.17 bits per heavy atom. The van der Waals surface area contributed by atoms with E-state index in [0.29, 0.717) is 18.9 Å². The Balaban J connectivity index is 1.74. The normalized spacial score (nSPS) is 11.7. The van der Waals surface area contributed by atoms with E-state index in [1.165, 1.54) is 5.56 Å². The summed E-state index contributed by atoms with van der Waals surface area (Å²) >= 11 is 3.36. The van der Waals surface area contributed by atoms with E-state index in [-0.39, 0.29) is 5.91 Å². The van der Waals surface area contributed by atoms with E-state index in [1.807, 2.05) is 56.3 Å². The minimum absolute atomic E-state index is 0.164. The van der Waals surface area contributed by atoms with Crippen LogP contribution in [0.3, 0.4) is 0 Å². The smallest absolute Gasteiger partial charge is 0.260 e. The molecule has 0 spiro atoms. The van der Waals surface area contributed by atoms with Gasteiger partial charge in [0, 0.05) is 4.47 Å². The molecule has 2 aromatic rings. The van der Waals surface area contributed by atoms with Gasteiger partial charge < -0.3 is 14.8 Å². The standard InChI is InChI=1S/C19H22BrNO3/c1-13-5-4-6-18(14(13)2)23-12-11-21-19(22)15(3)24-17-9-7-16(20)8-10-17/h4-10,15H,11-12H2,1-3H3,(H,21,22)/t15-/m1/s1. The van der Waals surface area contributed by atoms with Gasteiger partial charge in [-0.15, -0.1) is 0 Å². The summed E-state index contributed by atoms with van der Waals surface area (Å²) in [6.07, 6.45) is -0.563. The molecule has 0 heterocycles. The molecule has 0 unspecified atom stereocenters. The van der Waals surface area contributed by atoms with Gasteiger partial charge >= 0.3 is 0 Å². The molecule has 0 aromatic heterocycles. The van der Waals surface area contributed by atoms with Crippen LogP contribution < -0.4 is 14.8 Å². The second kappa shape index (κ2) is 8.73. The second-order valence-electron chi connectivity index (χ2n) is 5.55. The van der Waals surface area contributed by atoms with Crippen molar-refractivity contribution in [2.24, 2.45) is 0 Å². The molecule has 0 aliphatic carbocycles. The van der Waals surface area contributed by atoms with Crippen molar-refractivity contribution in [2.45, 2.75) is 26.9 Å². The average Bonchev–Trinajstić information content (AvgIpc) is 2.57. The third-order valence-corrected chi connectivity index (χ3v) is 4.24. The van der Waals surface area contributed by atoms with Crippen LogP contribution >= 0.6 is 15.9 Å². The fourth-order valence-corrected chi connectivity index (χ4v) is 2.39. The summed E-state index contributed by atoms with van der Waals surface area (Å²) in [6, 6.07) is 13.3. The summed E-state index contributed by atoms with van der Waals surface area (Å²) in [6.45, 7) is 6.65. The third-order valence-electron chi connectivity index (χ3n) is 3.71. The highest BCUT2D eigenvalue weighted by atomic mass is 79.9. The van der Waals surface area contributed by atoms with Crippen LogP contribution in [0.4, 0.5) is 0 Å². The van der Waals surface area contributed by atoms with Crippen molar-refractivity contribution in [1.29, 1.82) is 0 Å². The van der Waals surface area contributed by atoms with E-state index >= 15 is 0 Å². The fourth-order valence-electron chi connectivity index (χ4n) is 2.13. The number of ether oxygens (including phenoxy) is 2. The minimum atomic E-state index is -0.563. The number of carbonyl (C=O) groups is 1. The van der Waals surface area contributed by atoms with E-state index in [4.69, 9.17) is 9.47 Å². The van der Waals surface area contributed by atoms with E-state index in [9.17, 15) is 4.79 Å². The van der Waals surface area contributed by atoms with Crippen LogP contribution in [0.15, 0.2) is 46.9 Å². The molecule has 5 heteroatoms. The summed E-state index contributed by atoms with van der Waals surface area (Å²) in [7, 11) is 0. The molecule has 0 fully saturated rings. The van der Waals surface area contributed by atoms with Gasteiger partial charge in [0.15, 0.2) is 6.10 Å². The Bertz CT molecular complexity index is 686. The largest absolute Gasteiger partial charge is 0.491 e. The lowest BCUT2D eigenvalue weighted by molar-refractivity contribution is -0.127. The molecule has 0 aliphatic rings. The van der Waals surface area contributed by atoms with Crippen molar-refractivity contribution in [3.63, 3.8) is 0 Å². The van der Waals surface area contributed by atoms with E-state index < -0.39 is 6.10 Å². The maximum Gasteiger partial charge on any atom is 0.260 e. The molecular weight excluding hydrogens is 370 g/mol. The predicted octanol–water partition coefficient (Wildman–Crippen LogP) is 4.03. The summed E-state index contributed by atoms with van der Waals surface area (Å²) in [5.41, 5.74) is 2.31. The van der Waals surface area contributed by atoms with Gasteiger partial charge in [-0.1, -0.05) is 28.1 Å². The zero-order valence-corrected chi connectivity index (χ0v) is 15.7. The molecule has 1 N–H and O–H groups in total. The van der Waals surface area contributed by atoms with E-state index in [1.54, 1.807) is 6.92 Å². The lowest BCUT2D eigenvalue weighted by Gasteiger charge is -2.15. The van der Waals surface area contributed by atoms with E-state index in [2.05, 4.69) is 21.2 Å². The van der Waals surface area contributed by atoms with Crippen LogP contribution in [-0.2, 0) is 4.79 Å². The van der Waals surface area contributed by atoms with Crippen LogP contribution in [0.1, 0.15) is 18.1 Å². The number of nitrogens with one attached hydrogen (secondary N) is 1. The van der Waals surface area contributed by atoms with Gasteiger partial charge in [0.2, 0.25) is 0 Å². The molecule has 4 nitrogen and oxygen atoms in total. The Morgan fingerprint density at radius 3 is 2.58 bits per heavy atom. The first-order valence-electron chi connectivity index (χ1n) is 7.86. The summed E-state index contributed by atoms with van der Waals surface area (Å²) in [4.78, 5) is 12.0. The number of hydrogen-bond acceptors (Lipinski definition) is 3. The molecule has 0 saturated heterocycles. The first-order chi connectivity index (χ1) is 11.5. The first kappa shape index (κ1) is 18.3. The Hall–Kier alpha value is -2.01. The van der Waals surface area contributed by atoms with Crippen LogP contribution in [0, 0.1) is 13.8 Å². The van der Waals surface area contributed by atoms with Gasteiger partial charge in [0.05, 0.1) is 6.54 Å². The maximum atomic E-state index is 12.0. The third kappa shape index (κ3) is 5.27. The van der Waals surface area contributed by atoms with Crippen molar-refractivity contribution in [3.05, 3.63) is 58.1 Å². The van der Waals surface area contributed by atoms with Crippen molar-refractivity contribution < 1.29 is 14.3 Å². The number of carbonyl (C=O) groups excluding carboxylic acids is 1. The molecule has 0 bridgehead atoms. The Labute approximate surface area is 151 Å². The number of aryl methyl sites for hydroxylation is 1. The van der Waals surface area contributed by atoms with Crippen molar-refractivity contribution in [1.82, 2.24) is 5.32 Å². The number of halogens is 1. The lowest BCUT2D eigenvalue weighted by Crippen LogP contribution is -2.38. The van der Waals surface area contributed by atoms with Crippen molar-refractivity contribution in [2.75, 3.05) is 13.2 Å². The van der Waals surface area contributed by atoms with E-state index in [0.717, 1.165) is 15.8 Å². The number of rotatable bonds is 7.